The van der Waals surface area contributed by atoms with E-state index in [-0.39, 0.29) is 22.8 Å². The number of aromatic nitrogens is 3. The van der Waals surface area contributed by atoms with Crippen LogP contribution in [0, 0.1) is 10.1 Å². The van der Waals surface area contributed by atoms with Gasteiger partial charge in [-0.3, -0.25) is 15.2 Å². The summed E-state index contributed by atoms with van der Waals surface area (Å²) in [7, 11) is -2.67. The predicted octanol–water partition coefficient (Wildman–Crippen LogP) is 0.116. The summed E-state index contributed by atoms with van der Waals surface area (Å²) in [6.07, 6.45) is 1.25. The van der Waals surface area contributed by atoms with Crippen molar-refractivity contribution >= 4 is 21.4 Å². The number of aromatic amines is 1. The number of nitrogens with one attached hydrogen (secondary N) is 1. The monoisotopic (exact) mass is 312 g/mol. The summed E-state index contributed by atoms with van der Waals surface area (Å²) < 4.78 is 25.8. The summed E-state index contributed by atoms with van der Waals surface area (Å²) in [4.78, 5) is 13.6. The van der Waals surface area contributed by atoms with Gasteiger partial charge >= 0.3 is 0 Å². The smallest absolute Gasteiger partial charge is 0.270 e. The third kappa shape index (κ3) is 2.98. The fourth-order valence-electron chi connectivity index (χ4n) is 1.63. The van der Waals surface area contributed by atoms with Crippen LogP contribution < -0.4 is 5.73 Å². The second kappa shape index (κ2) is 5.46. The molecule has 3 N–H and O–H groups in total. The highest BCUT2D eigenvalue weighted by atomic mass is 32.2. The molecule has 0 aliphatic heterocycles. The number of benzene rings is 1. The number of hydrogen-bond donors (Lipinski definition) is 2. The van der Waals surface area contributed by atoms with Crippen LogP contribution in [0.4, 0.5) is 11.4 Å². The van der Waals surface area contributed by atoms with Gasteiger partial charge in [0, 0.05) is 19.2 Å². The van der Waals surface area contributed by atoms with Crippen LogP contribution in [0.5, 0.6) is 0 Å². The summed E-state index contributed by atoms with van der Waals surface area (Å²) in [5.74, 6) is 0.338. The number of nitro benzene ring substituents is 1. The Balaban J connectivity index is 2.38. The molecule has 0 unspecified atom stereocenters. The molecule has 0 saturated carbocycles. The molecule has 0 aliphatic carbocycles. The van der Waals surface area contributed by atoms with Crippen LogP contribution in [0.15, 0.2) is 29.4 Å². The molecule has 2 aromatic rings. The Kier molecular flexibility index (Phi) is 3.86. The van der Waals surface area contributed by atoms with Crippen molar-refractivity contribution in [2.24, 2.45) is 0 Å². The Bertz CT molecular complexity index is 758. The van der Waals surface area contributed by atoms with Gasteiger partial charge in [0.15, 0.2) is 0 Å². The maximum atomic E-state index is 12.4. The fraction of sp³-hybridized carbons (Fsp3) is 0.200. The van der Waals surface area contributed by atoms with Gasteiger partial charge in [0.2, 0.25) is 10.0 Å². The van der Waals surface area contributed by atoms with Gasteiger partial charge in [-0.2, -0.15) is 9.40 Å². The van der Waals surface area contributed by atoms with Crippen molar-refractivity contribution in [3.05, 3.63) is 40.5 Å². The number of H-pyrrole nitrogens is 1. The van der Waals surface area contributed by atoms with Gasteiger partial charge in [0.1, 0.15) is 17.0 Å². The number of nitrogens with zero attached hydrogens (tertiary/aromatic N) is 4. The molecule has 1 heterocycles. The number of non-ortho nitro benzene ring substituents is 1. The van der Waals surface area contributed by atoms with Gasteiger partial charge in [0.25, 0.3) is 5.69 Å². The molecule has 0 amide bonds. The van der Waals surface area contributed by atoms with Crippen LogP contribution in [-0.4, -0.2) is 39.9 Å². The van der Waals surface area contributed by atoms with Crippen molar-refractivity contribution in [1.29, 1.82) is 0 Å². The van der Waals surface area contributed by atoms with E-state index in [9.17, 15) is 18.5 Å². The van der Waals surface area contributed by atoms with Gasteiger partial charge in [0.05, 0.1) is 17.2 Å². The Hall–Kier alpha value is -2.53. The van der Waals surface area contributed by atoms with Crippen molar-refractivity contribution in [1.82, 2.24) is 19.5 Å². The molecule has 2 rings (SSSR count). The molecule has 0 radical (unpaired) electrons. The first-order chi connectivity index (χ1) is 9.82. The van der Waals surface area contributed by atoms with Gasteiger partial charge in [-0.25, -0.2) is 13.4 Å². The molecule has 0 saturated heterocycles. The first-order valence-corrected chi connectivity index (χ1v) is 7.11. The highest BCUT2D eigenvalue weighted by Gasteiger charge is 2.26. The van der Waals surface area contributed by atoms with Gasteiger partial charge < -0.3 is 5.73 Å². The molecule has 21 heavy (non-hydrogen) atoms. The largest absolute Gasteiger partial charge is 0.398 e. The van der Waals surface area contributed by atoms with Crippen LogP contribution in [0.2, 0.25) is 0 Å². The summed E-state index contributed by atoms with van der Waals surface area (Å²) in [5, 5.41) is 16.9. The number of nitrogens with two attached hydrogens (primary N) is 1. The average molecular weight is 312 g/mol. The first-order valence-electron chi connectivity index (χ1n) is 5.67. The van der Waals surface area contributed by atoms with E-state index in [1.807, 2.05) is 0 Å². The minimum Gasteiger partial charge on any atom is -0.398 e. The number of anilines is 1. The van der Waals surface area contributed by atoms with Crippen LogP contribution in [0.1, 0.15) is 5.82 Å². The highest BCUT2D eigenvalue weighted by molar-refractivity contribution is 7.89. The zero-order valence-electron chi connectivity index (χ0n) is 10.9. The molecule has 1 aromatic heterocycles. The standard InChI is InChI=1S/C10H12N6O4S/c1-15(5-10-12-6-13-14-10)21(19,20)9-4-7(16(17)18)2-3-8(9)11/h2-4,6H,5,11H2,1H3,(H,12,13,14). The summed E-state index contributed by atoms with van der Waals surface area (Å²) >= 11 is 0. The first kappa shape index (κ1) is 14.9. The molecule has 0 aliphatic rings. The molecule has 0 spiro atoms. The Morgan fingerprint density at radius 2 is 2.19 bits per heavy atom. The zero-order valence-corrected chi connectivity index (χ0v) is 11.7. The molecule has 112 valence electrons. The second-order valence-corrected chi connectivity index (χ2v) is 6.19. The zero-order chi connectivity index (χ0) is 15.6. The average Bonchev–Trinajstić information content (AvgIpc) is 2.91. The van der Waals surface area contributed by atoms with Crippen LogP contribution in [0.3, 0.4) is 0 Å². The van der Waals surface area contributed by atoms with E-state index < -0.39 is 14.9 Å². The number of hydrogen-bond acceptors (Lipinski definition) is 7. The minimum absolute atomic E-state index is 0.0648. The summed E-state index contributed by atoms with van der Waals surface area (Å²) in [5.41, 5.74) is 5.21. The topological polar surface area (TPSA) is 148 Å². The van der Waals surface area contributed by atoms with Gasteiger partial charge in [-0.15, -0.1) is 0 Å². The number of nitro groups is 1. The van der Waals surface area contributed by atoms with Gasteiger partial charge in [-0.05, 0) is 6.07 Å². The normalized spacial score (nSPS) is 11.7. The van der Waals surface area contributed by atoms with E-state index in [0.717, 1.165) is 16.4 Å². The second-order valence-electron chi connectivity index (χ2n) is 4.17. The van der Waals surface area contributed by atoms with Crippen molar-refractivity contribution in [3.8, 4) is 0 Å². The molecule has 1 aromatic carbocycles. The number of rotatable bonds is 5. The SMILES string of the molecule is CN(Cc1ncn[nH]1)S(=O)(=O)c1cc([N+](=O)[O-])ccc1N. The van der Waals surface area contributed by atoms with E-state index in [1.54, 1.807) is 0 Å². The molecule has 11 heteroatoms. The van der Waals surface area contributed by atoms with Crippen molar-refractivity contribution in [2.75, 3.05) is 12.8 Å². The molecule has 0 bridgehead atoms. The Morgan fingerprint density at radius 1 is 1.48 bits per heavy atom. The highest BCUT2D eigenvalue weighted by Crippen LogP contribution is 2.26. The third-order valence-electron chi connectivity index (χ3n) is 2.73. The Morgan fingerprint density at radius 3 is 2.76 bits per heavy atom. The minimum atomic E-state index is -3.99. The summed E-state index contributed by atoms with van der Waals surface area (Å²) in [6, 6.07) is 3.26. The number of nitrogen functional groups attached to an aromatic ring is 1. The van der Waals surface area contributed by atoms with Crippen molar-refractivity contribution in [3.63, 3.8) is 0 Å². The van der Waals surface area contributed by atoms with E-state index >= 15 is 0 Å². The third-order valence-corrected chi connectivity index (χ3v) is 4.59. The van der Waals surface area contributed by atoms with E-state index in [2.05, 4.69) is 15.2 Å². The van der Waals surface area contributed by atoms with Crippen LogP contribution >= 0.6 is 0 Å². The molecular weight excluding hydrogens is 300 g/mol. The van der Waals surface area contributed by atoms with E-state index in [4.69, 9.17) is 5.73 Å². The van der Waals surface area contributed by atoms with Crippen molar-refractivity contribution < 1.29 is 13.3 Å². The molecular formula is C10H12N6O4S. The lowest BCUT2D eigenvalue weighted by molar-refractivity contribution is -0.385. The predicted molar refractivity (Wildman–Crippen MR) is 72.5 cm³/mol. The van der Waals surface area contributed by atoms with E-state index in [0.29, 0.717) is 5.82 Å². The lowest BCUT2D eigenvalue weighted by Gasteiger charge is -2.16. The fourth-order valence-corrected chi connectivity index (χ4v) is 2.89. The van der Waals surface area contributed by atoms with E-state index in [1.165, 1.54) is 19.4 Å². The quantitative estimate of drug-likeness (QED) is 0.452. The molecule has 0 fully saturated rings. The maximum Gasteiger partial charge on any atom is 0.270 e. The Labute approximate surface area is 119 Å². The maximum absolute atomic E-state index is 12.4. The molecule has 0 atom stereocenters. The number of sulfonamides is 1. The van der Waals surface area contributed by atoms with Gasteiger partial charge in [-0.1, -0.05) is 0 Å². The lowest BCUT2D eigenvalue weighted by atomic mass is 10.3. The lowest BCUT2D eigenvalue weighted by Crippen LogP contribution is -2.27. The van der Waals surface area contributed by atoms with Crippen LogP contribution in [0.25, 0.3) is 0 Å². The van der Waals surface area contributed by atoms with Crippen molar-refractivity contribution in [2.45, 2.75) is 11.4 Å². The summed E-state index contributed by atoms with van der Waals surface area (Å²) in [6.45, 7) is -0.0650. The molecule has 10 nitrogen and oxygen atoms in total. The van der Waals surface area contributed by atoms with Crippen LogP contribution in [-0.2, 0) is 16.6 Å².